The van der Waals surface area contributed by atoms with Crippen LogP contribution in [0.5, 0.6) is 0 Å². The molecule has 3 aromatic carbocycles. The minimum Gasteiger partial charge on any atom is -0.321 e. The normalized spacial score (nSPS) is 14.2. The van der Waals surface area contributed by atoms with Crippen molar-refractivity contribution in [3.63, 3.8) is 0 Å². The number of aromatic nitrogens is 2. The van der Waals surface area contributed by atoms with Gasteiger partial charge in [0.05, 0.1) is 23.0 Å². The Morgan fingerprint density at radius 3 is 2.45 bits per heavy atom. The van der Waals surface area contributed by atoms with E-state index in [-0.39, 0.29) is 11.5 Å². The Morgan fingerprint density at radius 2 is 1.59 bits per heavy atom. The number of rotatable bonds is 3. The van der Waals surface area contributed by atoms with Crippen LogP contribution in [0, 0.1) is 0 Å². The maximum Gasteiger partial charge on any atom is 0.261 e. The summed E-state index contributed by atoms with van der Waals surface area (Å²) in [7, 11) is 0. The minimum absolute atomic E-state index is 0.127. The molecular weight excluding hydrogens is 362 g/mol. The van der Waals surface area contributed by atoms with E-state index in [1.54, 1.807) is 16.7 Å². The van der Waals surface area contributed by atoms with Crippen LogP contribution in [0.15, 0.2) is 83.7 Å². The Hall–Kier alpha value is -3.99. The predicted molar refractivity (Wildman–Crippen MR) is 114 cm³/mol. The molecule has 0 saturated heterocycles. The summed E-state index contributed by atoms with van der Waals surface area (Å²) in [5, 5.41) is 3.42. The first-order chi connectivity index (χ1) is 14.2. The summed E-state index contributed by atoms with van der Waals surface area (Å²) in [6.07, 6.45) is 1.71. The van der Waals surface area contributed by atoms with Crippen LogP contribution in [0.3, 0.4) is 0 Å². The van der Waals surface area contributed by atoms with Gasteiger partial charge in [-0.25, -0.2) is 4.98 Å². The number of hydrogen-bond donors (Lipinski definition) is 1. The van der Waals surface area contributed by atoms with E-state index in [0.29, 0.717) is 28.8 Å². The lowest BCUT2D eigenvalue weighted by Gasteiger charge is -2.12. The molecule has 5 heteroatoms. The molecule has 5 rings (SSSR count). The number of anilines is 1. The van der Waals surface area contributed by atoms with Gasteiger partial charge in [-0.05, 0) is 29.8 Å². The van der Waals surface area contributed by atoms with Gasteiger partial charge in [-0.3, -0.25) is 14.2 Å². The summed E-state index contributed by atoms with van der Waals surface area (Å²) in [4.78, 5) is 30.5. The zero-order chi connectivity index (χ0) is 19.8. The molecular formula is C24H17N3O2. The average molecular weight is 379 g/mol. The molecule has 0 radical (unpaired) electrons. The molecule has 1 aromatic heterocycles. The molecule has 0 bridgehead atoms. The maximum absolute atomic E-state index is 13.2. The van der Waals surface area contributed by atoms with Gasteiger partial charge in [0.1, 0.15) is 5.82 Å². The second kappa shape index (κ2) is 6.87. The van der Waals surface area contributed by atoms with E-state index < -0.39 is 0 Å². The van der Waals surface area contributed by atoms with Gasteiger partial charge in [-0.1, -0.05) is 60.7 Å². The van der Waals surface area contributed by atoms with Crippen molar-refractivity contribution in [2.45, 2.75) is 6.54 Å². The number of benzene rings is 3. The van der Waals surface area contributed by atoms with Crippen molar-refractivity contribution in [3.05, 3.63) is 106 Å². The molecule has 0 atom stereocenters. The minimum atomic E-state index is -0.195. The zero-order valence-corrected chi connectivity index (χ0v) is 15.5. The van der Waals surface area contributed by atoms with Crippen LogP contribution in [0.1, 0.15) is 17.0 Å². The topological polar surface area (TPSA) is 64.0 Å². The van der Waals surface area contributed by atoms with Gasteiger partial charge in [0.15, 0.2) is 0 Å². The van der Waals surface area contributed by atoms with Crippen molar-refractivity contribution in [2.24, 2.45) is 0 Å². The first kappa shape index (κ1) is 17.1. The van der Waals surface area contributed by atoms with Gasteiger partial charge in [-0.2, -0.15) is 0 Å². The van der Waals surface area contributed by atoms with E-state index in [0.717, 1.165) is 16.8 Å². The van der Waals surface area contributed by atoms with Gasteiger partial charge < -0.3 is 5.32 Å². The number of nitrogens with zero attached hydrogens (tertiary/aromatic N) is 2. The summed E-state index contributed by atoms with van der Waals surface area (Å²) in [6, 6.07) is 24.5. The Kier molecular flexibility index (Phi) is 4.06. The van der Waals surface area contributed by atoms with E-state index >= 15 is 0 Å². The van der Waals surface area contributed by atoms with Gasteiger partial charge in [0.25, 0.3) is 11.5 Å². The summed E-state index contributed by atoms with van der Waals surface area (Å²) in [6.45, 7) is 0.375. The molecule has 5 nitrogen and oxygen atoms in total. The van der Waals surface area contributed by atoms with E-state index in [4.69, 9.17) is 4.98 Å². The SMILES string of the molecule is O=C1Nc2ccccc2/C1=C\c1nc2ccccc2c(=O)n1Cc1ccccc1. The largest absolute Gasteiger partial charge is 0.321 e. The molecule has 4 aromatic rings. The molecule has 0 fully saturated rings. The molecule has 140 valence electrons. The third kappa shape index (κ3) is 3.02. The first-order valence-corrected chi connectivity index (χ1v) is 9.37. The molecule has 29 heavy (non-hydrogen) atoms. The Morgan fingerprint density at radius 1 is 0.862 bits per heavy atom. The molecule has 0 unspecified atom stereocenters. The van der Waals surface area contributed by atoms with Crippen molar-refractivity contribution >= 4 is 34.1 Å². The highest BCUT2D eigenvalue weighted by Gasteiger charge is 2.24. The van der Waals surface area contributed by atoms with Gasteiger partial charge in [0, 0.05) is 11.3 Å². The van der Waals surface area contributed by atoms with E-state index in [1.807, 2.05) is 72.8 Å². The summed E-state index contributed by atoms with van der Waals surface area (Å²) < 4.78 is 1.62. The van der Waals surface area contributed by atoms with E-state index in [1.165, 1.54) is 0 Å². The van der Waals surface area contributed by atoms with Crippen molar-refractivity contribution < 1.29 is 4.79 Å². The number of amides is 1. The van der Waals surface area contributed by atoms with Crippen LogP contribution < -0.4 is 10.9 Å². The van der Waals surface area contributed by atoms with E-state index in [9.17, 15) is 9.59 Å². The molecule has 1 amide bonds. The first-order valence-electron chi connectivity index (χ1n) is 9.37. The number of hydrogen-bond acceptors (Lipinski definition) is 3. The zero-order valence-electron chi connectivity index (χ0n) is 15.5. The highest BCUT2D eigenvalue weighted by atomic mass is 16.2. The molecule has 1 aliphatic rings. The molecule has 0 aliphatic carbocycles. The molecule has 1 aliphatic heterocycles. The monoisotopic (exact) mass is 379 g/mol. The summed E-state index contributed by atoms with van der Waals surface area (Å²) in [5.74, 6) is 0.263. The predicted octanol–water partition coefficient (Wildman–Crippen LogP) is 3.94. The lowest BCUT2D eigenvalue weighted by atomic mass is 10.1. The Balaban J connectivity index is 1.74. The lowest BCUT2D eigenvalue weighted by Crippen LogP contribution is -2.24. The second-order valence-corrected chi connectivity index (χ2v) is 6.92. The molecule has 0 saturated carbocycles. The highest BCUT2D eigenvalue weighted by Crippen LogP contribution is 2.32. The number of para-hydroxylation sites is 2. The summed E-state index contributed by atoms with van der Waals surface area (Å²) in [5.41, 5.74) is 3.55. The van der Waals surface area contributed by atoms with Crippen LogP contribution in [0.25, 0.3) is 22.6 Å². The Bertz CT molecular complexity index is 1340. The molecule has 2 heterocycles. The van der Waals surface area contributed by atoms with Crippen molar-refractivity contribution in [1.29, 1.82) is 0 Å². The second-order valence-electron chi connectivity index (χ2n) is 6.92. The van der Waals surface area contributed by atoms with Crippen LogP contribution in [0.4, 0.5) is 5.69 Å². The highest BCUT2D eigenvalue weighted by molar-refractivity contribution is 6.34. The Labute approximate surface area is 167 Å². The number of carbonyl (C=O) groups is 1. The van der Waals surface area contributed by atoms with Crippen molar-refractivity contribution in [3.8, 4) is 0 Å². The van der Waals surface area contributed by atoms with Crippen LogP contribution in [0.2, 0.25) is 0 Å². The third-order valence-corrected chi connectivity index (χ3v) is 5.06. The summed E-state index contributed by atoms with van der Waals surface area (Å²) >= 11 is 0. The van der Waals surface area contributed by atoms with E-state index in [2.05, 4.69) is 5.32 Å². The lowest BCUT2D eigenvalue weighted by molar-refractivity contribution is -0.110. The van der Waals surface area contributed by atoms with Crippen molar-refractivity contribution in [2.75, 3.05) is 5.32 Å². The van der Waals surface area contributed by atoms with Crippen molar-refractivity contribution in [1.82, 2.24) is 9.55 Å². The van der Waals surface area contributed by atoms with Crippen LogP contribution in [-0.4, -0.2) is 15.5 Å². The third-order valence-electron chi connectivity index (χ3n) is 5.06. The molecule has 0 spiro atoms. The fraction of sp³-hybridized carbons (Fsp3) is 0.0417. The standard InChI is InChI=1S/C24H17N3O2/c28-23-19(17-10-4-6-12-20(17)26-23)14-22-25-21-13-7-5-11-18(21)24(29)27(22)15-16-8-2-1-3-9-16/h1-14H,15H2,(H,26,28)/b19-14+. The number of fused-ring (bicyclic) bond motifs is 2. The fourth-order valence-electron chi connectivity index (χ4n) is 3.63. The quantitative estimate of drug-likeness (QED) is 0.549. The number of nitrogens with one attached hydrogen (secondary N) is 1. The van der Waals surface area contributed by atoms with Gasteiger partial charge in [-0.15, -0.1) is 0 Å². The average Bonchev–Trinajstić information content (AvgIpc) is 3.07. The van der Waals surface area contributed by atoms with Gasteiger partial charge >= 0.3 is 0 Å². The molecule has 1 N–H and O–H groups in total. The number of carbonyl (C=O) groups excluding carboxylic acids is 1. The van der Waals surface area contributed by atoms with Crippen LogP contribution >= 0.6 is 0 Å². The van der Waals surface area contributed by atoms with Crippen LogP contribution in [-0.2, 0) is 11.3 Å². The smallest absolute Gasteiger partial charge is 0.261 e. The fourth-order valence-corrected chi connectivity index (χ4v) is 3.63. The van der Waals surface area contributed by atoms with Gasteiger partial charge in [0.2, 0.25) is 0 Å². The maximum atomic E-state index is 13.2.